The van der Waals surface area contributed by atoms with E-state index in [1.807, 2.05) is 6.07 Å². The van der Waals surface area contributed by atoms with E-state index in [-0.39, 0.29) is 24.2 Å². The third-order valence-corrected chi connectivity index (χ3v) is 6.81. The molecule has 0 bridgehead atoms. The van der Waals surface area contributed by atoms with E-state index in [2.05, 4.69) is 9.80 Å². The molecule has 0 aromatic heterocycles. The minimum Gasteiger partial charge on any atom is -0.493 e. The molecular formula is C24H29Cl3N2O5. The summed E-state index contributed by atoms with van der Waals surface area (Å²) in [5.41, 5.74) is 1.55. The number of nitrogens with zero attached hydrogens (tertiary/aromatic N) is 2. The molecule has 1 unspecified atom stereocenters. The number of carbonyl (C=O) groups is 1. The summed E-state index contributed by atoms with van der Waals surface area (Å²) in [4.78, 5) is 17.9. The van der Waals surface area contributed by atoms with E-state index in [1.54, 1.807) is 39.5 Å². The van der Waals surface area contributed by atoms with Crippen molar-refractivity contribution in [2.24, 2.45) is 0 Å². The molecule has 2 aliphatic rings. The van der Waals surface area contributed by atoms with Gasteiger partial charge in [-0.2, -0.15) is 0 Å². The summed E-state index contributed by atoms with van der Waals surface area (Å²) in [7, 11) is 4.69. The summed E-state index contributed by atoms with van der Waals surface area (Å²) in [6.45, 7) is 4.66. The molecule has 186 valence electrons. The second-order valence-electron chi connectivity index (χ2n) is 8.06. The van der Waals surface area contributed by atoms with Crippen molar-refractivity contribution in [2.45, 2.75) is 12.5 Å². The Morgan fingerprint density at radius 2 is 1.65 bits per heavy atom. The van der Waals surface area contributed by atoms with Crippen LogP contribution in [0.2, 0.25) is 10.0 Å². The van der Waals surface area contributed by atoms with Crippen molar-refractivity contribution in [1.29, 1.82) is 0 Å². The van der Waals surface area contributed by atoms with Gasteiger partial charge in [0.05, 0.1) is 38.0 Å². The molecule has 0 saturated carbocycles. The average Bonchev–Trinajstić information content (AvgIpc) is 3.15. The molecule has 2 aromatic carbocycles. The summed E-state index contributed by atoms with van der Waals surface area (Å²) < 4.78 is 22.3. The Labute approximate surface area is 216 Å². The first-order chi connectivity index (χ1) is 16.0. The first-order valence-electron chi connectivity index (χ1n) is 10.9. The summed E-state index contributed by atoms with van der Waals surface area (Å²) in [6.07, 6.45) is 0.642. The van der Waals surface area contributed by atoms with Crippen LogP contribution in [0.3, 0.4) is 0 Å². The maximum Gasteiger partial charge on any atom is 0.204 e. The molecule has 0 spiro atoms. The molecule has 10 heteroatoms. The van der Waals surface area contributed by atoms with Crippen molar-refractivity contribution >= 4 is 41.4 Å². The van der Waals surface area contributed by atoms with Gasteiger partial charge in [0.25, 0.3) is 0 Å². The van der Waals surface area contributed by atoms with Crippen LogP contribution in [0, 0.1) is 0 Å². The summed E-state index contributed by atoms with van der Waals surface area (Å²) in [6, 6.07) is 6.91. The lowest BCUT2D eigenvalue weighted by Crippen LogP contribution is -2.52. The molecule has 34 heavy (non-hydrogen) atoms. The van der Waals surface area contributed by atoms with Gasteiger partial charge >= 0.3 is 0 Å². The van der Waals surface area contributed by atoms with E-state index in [0.717, 1.165) is 38.3 Å². The van der Waals surface area contributed by atoms with Gasteiger partial charge in [-0.3, -0.25) is 14.6 Å². The van der Waals surface area contributed by atoms with Crippen molar-refractivity contribution < 1.29 is 23.7 Å². The summed E-state index contributed by atoms with van der Waals surface area (Å²) in [5.74, 6) is 2.20. The first kappa shape index (κ1) is 26.7. The fourth-order valence-corrected chi connectivity index (χ4v) is 5.04. The Balaban J connectivity index is 0.00000324. The number of carbonyl (C=O) groups excluding carboxylic acids is 1. The van der Waals surface area contributed by atoms with Crippen molar-refractivity contribution in [3.05, 3.63) is 45.4 Å². The van der Waals surface area contributed by atoms with Crippen LogP contribution in [-0.2, 0) is 6.42 Å². The minimum absolute atomic E-state index is 0. The standard InChI is InChI=1S/C24H28Cl2N2O5.ClH/c1-30-20-13-15-12-18(22(29)21(15)24(32-3)23(20)31-2)28-8-6-27(7-9-28)10-11-33-19-5-4-16(25)14-17(19)26;/h4-5,13-14,18H,6-12H2,1-3H3;1H. The lowest BCUT2D eigenvalue weighted by Gasteiger charge is -2.37. The van der Waals surface area contributed by atoms with E-state index in [1.165, 1.54) is 0 Å². The van der Waals surface area contributed by atoms with E-state index in [0.29, 0.717) is 51.6 Å². The molecule has 1 saturated heterocycles. The normalized spacial score (nSPS) is 18.3. The highest BCUT2D eigenvalue weighted by Gasteiger charge is 2.40. The molecule has 4 rings (SSSR count). The fraction of sp³-hybridized carbons (Fsp3) is 0.458. The van der Waals surface area contributed by atoms with Crippen molar-refractivity contribution in [2.75, 3.05) is 60.7 Å². The Morgan fingerprint density at radius 3 is 2.26 bits per heavy atom. The predicted molar refractivity (Wildman–Crippen MR) is 135 cm³/mol. The van der Waals surface area contributed by atoms with E-state index in [9.17, 15) is 4.79 Å². The van der Waals surface area contributed by atoms with Crippen LogP contribution in [0.15, 0.2) is 24.3 Å². The van der Waals surface area contributed by atoms with Crippen LogP contribution in [0.5, 0.6) is 23.0 Å². The zero-order chi connectivity index (χ0) is 23.5. The number of fused-ring (bicyclic) bond motifs is 1. The second-order valence-corrected chi connectivity index (χ2v) is 8.91. The number of hydrogen-bond donors (Lipinski definition) is 0. The number of hydrogen-bond acceptors (Lipinski definition) is 7. The fourth-order valence-electron chi connectivity index (χ4n) is 4.58. The highest BCUT2D eigenvalue weighted by molar-refractivity contribution is 6.35. The van der Waals surface area contributed by atoms with Gasteiger partial charge in [-0.05, 0) is 36.2 Å². The molecule has 1 aliphatic carbocycles. The van der Waals surface area contributed by atoms with Crippen LogP contribution in [-0.4, -0.2) is 82.3 Å². The molecule has 2 aromatic rings. The molecule has 1 aliphatic heterocycles. The van der Waals surface area contributed by atoms with Crippen LogP contribution < -0.4 is 18.9 Å². The Kier molecular flexibility index (Phi) is 9.18. The molecule has 7 nitrogen and oxygen atoms in total. The summed E-state index contributed by atoms with van der Waals surface area (Å²) >= 11 is 12.1. The SMILES string of the molecule is COc1cc2c(c(OC)c1OC)C(=O)C(N1CCN(CCOc3ccc(Cl)cc3Cl)CC1)C2.Cl. The number of piperazine rings is 1. The van der Waals surface area contributed by atoms with Gasteiger partial charge in [-0.15, -0.1) is 12.4 Å². The third-order valence-electron chi connectivity index (χ3n) is 6.28. The van der Waals surface area contributed by atoms with Crippen molar-refractivity contribution in [3.63, 3.8) is 0 Å². The molecule has 1 fully saturated rings. The average molecular weight is 532 g/mol. The smallest absolute Gasteiger partial charge is 0.204 e. The third kappa shape index (κ3) is 5.34. The van der Waals surface area contributed by atoms with Gasteiger partial charge in [0, 0.05) is 37.7 Å². The van der Waals surface area contributed by atoms with Crippen LogP contribution in [0.4, 0.5) is 0 Å². The molecule has 1 atom stereocenters. The van der Waals surface area contributed by atoms with Crippen molar-refractivity contribution in [3.8, 4) is 23.0 Å². The van der Waals surface area contributed by atoms with Gasteiger partial charge < -0.3 is 18.9 Å². The number of ketones is 1. The van der Waals surface area contributed by atoms with E-state index >= 15 is 0 Å². The largest absolute Gasteiger partial charge is 0.493 e. The summed E-state index contributed by atoms with van der Waals surface area (Å²) in [5, 5.41) is 1.09. The number of methoxy groups -OCH3 is 3. The number of halogens is 3. The van der Waals surface area contributed by atoms with Gasteiger partial charge in [0.1, 0.15) is 12.4 Å². The predicted octanol–water partition coefficient (Wildman–Crippen LogP) is 4.25. The van der Waals surface area contributed by atoms with Crippen LogP contribution >= 0.6 is 35.6 Å². The number of ether oxygens (including phenoxy) is 4. The Morgan fingerprint density at radius 1 is 0.941 bits per heavy atom. The lowest BCUT2D eigenvalue weighted by atomic mass is 10.1. The number of rotatable bonds is 8. The molecule has 1 heterocycles. The van der Waals surface area contributed by atoms with Gasteiger partial charge in [0.2, 0.25) is 5.75 Å². The van der Waals surface area contributed by atoms with Crippen LogP contribution in [0.1, 0.15) is 15.9 Å². The Hall–Kier alpha value is -1.90. The molecule has 0 amide bonds. The highest BCUT2D eigenvalue weighted by atomic mass is 35.5. The molecule has 0 radical (unpaired) electrons. The minimum atomic E-state index is -0.197. The monoisotopic (exact) mass is 530 g/mol. The van der Waals surface area contributed by atoms with Crippen LogP contribution in [0.25, 0.3) is 0 Å². The van der Waals surface area contributed by atoms with Gasteiger partial charge in [0.15, 0.2) is 17.3 Å². The first-order valence-corrected chi connectivity index (χ1v) is 11.6. The maximum atomic E-state index is 13.3. The topological polar surface area (TPSA) is 60.5 Å². The highest BCUT2D eigenvalue weighted by Crippen LogP contribution is 2.45. The van der Waals surface area contributed by atoms with E-state index < -0.39 is 0 Å². The maximum absolute atomic E-state index is 13.3. The van der Waals surface area contributed by atoms with Gasteiger partial charge in [-0.1, -0.05) is 23.2 Å². The Bertz CT molecular complexity index is 1030. The number of benzene rings is 2. The van der Waals surface area contributed by atoms with Crippen molar-refractivity contribution in [1.82, 2.24) is 9.80 Å². The molecular weight excluding hydrogens is 503 g/mol. The zero-order valence-electron chi connectivity index (χ0n) is 19.4. The molecule has 0 N–H and O–H groups in total. The van der Waals surface area contributed by atoms with Gasteiger partial charge in [-0.25, -0.2) is 0 Å². The quantitative estimate of drug-likeness (QED) is 0.505. The lowest BCUT2D eigenvalue weighted by molar-refractivity contribution is 0.0665. The zero-order valence-corrected chi connectivity index (χ0v) is 21.8. The van der Waals surface area contributed by atoms with E-state index in [4.69, 9.17) is 42.1 Å². The number of Topliss-reactive ketones (excluding diaryl/α,β-unsaturated/α-hetero) is 1. The second kappa shape index (κ2) is 11.7.